The minimum atomic E-state index is -0.319. The fraction of sp³-hybridized carbons (Fsp3) is 0.389. The first-order valence-corrected chi connectivity index (χ1v) is 8.10. The smallest absolute Gasteiger partial charge is 0.287 e. The molecule has 1 fully saturated rings. The number of furan rings is 1. The summed E-state index contributed by atoms with van der Waals surface area (Å²) in [6.45, 7) is 0.598. The van der Waals surface area contributed by atoms with Crippen LogP contribution in [-0.4, -0.2) is 18.0 Å². The number of hydrogen-bond acceptors (Lipinski definition) is 4. The summed E-state index contributed by atoms with van der Waals surface area (Å²) in [6, 6.07) is 9.04. The monoisotopic (exact) mass is 368 g/mol. The lowest BCUT2D eigenvalue weighted by Crippen LogP contribution is -2.51. The molecule has 136 valence electrons. The maximum absolute atomic E-state index is 12.8. The van der Waals surface area contributed by atoms with Gasteiger partial charge in [0, 0.05) is 6.54 Å². The molecule has 0 unspecified atom stereocenters. The van der Waals surface area contributed by atoms with Gasteiger partial charge in [-0.3, -0.25) is 4.79 Å². The molecular weight excluding hydrogens is 347 g/mol. The molecule has 1 aliphatic carbocycles. The third kappa shape index (κ3) is 4.74. The molecule has 1 aromatic heterocycles. The summed E-state index contributed by atoms with van der Waals surface area (Å²) in [5.41, 5.74) is 5.52. The number of halogens is 2. The zero-order chi connectivity index (χ0) is 17.0. The van der Waals surface area contributed by atoms with Crippen molar-refractivity contribution in [2.24, 2.45) is 5.73 Å². The van der Waals surface area contributed by atoms with Crippen LogP contribution in [-0.2, 0) is 6.61 Å². The Morgan fingerprint density at radius 1 is 1.20 bits per heavy atom. The van der Waals surface area contributed by atoms with Crippen molar-refractivity contribution in [1.82, 2.24) is 5.32 Å². The molecule has 5 nitrogen and oxygen atoms in total. The summed E-state index contributed by atoms with van der Waals surface area (Å²) in [7, 11) is 0. The molecule has 0 atom stereocenters. The molecule has 1 heterocycles. The normalized spacial score (nSPS) is 15.4. The average Bonchev–Trinajstić information content (AvgIpc) is 3.24. The first-order chi connectivity index (χ1) is 11.6. The molecular formula is C18H22ClFN2O3. The number of amides is 1. The van der Waals surface area contributed by atoms with Crippen LogP contribution in [0.25, 0.3) is 0 Å². The highest BCUT2D eigenvalue weighted by Crippen LogP contribution is 2.29. The summed E-state index contributed by atoms with van der Waals surface area (Å²) in [5, 5.41) is 3.01. The zero-order valence-corrected chi connectivity index (χ0v) is 14.6. The van der Waals surface area contributed by atoms with Gasteiger partial charge in [-0.1, -0.05) is 12.8 Å². The van der Waals surface area contributed by atoms with E-state index in [-0.39, 0.29) is 42.0 Å². The number of carbonyl (C=O) groups is 1. The molecule has 0 spiro atoms. The largest absolute Gasteiger partial charge is 0.486 e. The first kappa shape index (κ1) is 19.3. The number of carbonyl (C=O) groups excluding carboxylic acids is 1. The van der Waals surface area contributed by atoms with Gasteiger partial charge in [-0.2, -0.15) is 0 Å². The molecule has 0 radical (unpaired) electrons. The molecule has 25 heavy (non-hydrogen) atoms. The molecule has 0 bridgehead atoms. The van der Waals surface area contributed by atoms with Crippen LogP contribution >= 0.6 is 12.4 Å². The lowest BCUT2D eigenvalue weighted by molar-refractivity contribution is 0.0870. The molecule has 0 saturated heterocycles. The number of nitrogens with one attached hydrogen (secondary N) is 1. The van der Waals surface area contributed by atoms with Crippen LogP contribution in [0.1, 0.15) is 42.0 Å². The van der Waals surface area contributed by atoms with E-state index in [1.165, 1.54) is 24.3 Å². The Morgan fingerprint density at radius 3 is 2.52 bits per heavy atom. The van der Waals surface area contributed by atoms with Gasteiger partial charge in [-0.25, -0.2) is 4.39 Å². The Kier molecular flexibility index (Phi) is 6.45. The maximum atomic E-state index is 12.8. The highest BCUT2D eigenvalue weighted by Gasteiger charge is 2.34. The maximum Gasteiger partial charge on any atom is 0.287 e. The fourth-order valence-corrected chi connectivity index (χ4v) is 3.00. The van der Waals surface area contributed by atoms with Gasteiger partial charge in [0.25, 0.3) is 5.91 Å². The van der Waals surface area contributed by atoms with Crippen LogP contribution in [0.5, 0.6) is 5.75 Å². The van der Waals surface area contributed by atoms with Crippen molar-refractivity contribution in [1.29, 1.82) is 0 Å². The second-order valence-electron chi connectivity index (χ2n) is 6.15. The molecule has 2 aromatic rings. The zero-order valence-electron chi connectivity index (χ0n) is 13.8. The van der Waals surface area contributed by atoms with Crippen LogP contribution < -0.4 is 15.8 Å². The van der Waals surface area contributed by atoms with Gasteiger partial charge in [0.15, 0.2) is 5.76 Å². The van der Waals surface area contributed by atoms with Gasteiger partial charge in [0.2, 0.25) is 0 Å². The molecule has 3 N–H and O–H groups in total. The molecule has 0 aliphatic heterocycles. The predicted octanol–water partition coefficient (Wildman–Crippen LogP) is 3.42. The van der Waals surface area contributed by atoms with E-state index in [4.69, 9.17) is 14.9 Å². The summed E-state index contributed by atoms with van der Waals surface area (Å²) >= 11 is 0. The van der Waals surface area contributed by atoms with E-state index in [1.807, 2.05) is 0 Å². The Morgan fingerprint density at radius 2 is 1.88 bits per heavy atom. The molecule has 1 saturated carbocycles. The standard InChI is InChI=1S/C18H21FN2O3.ClH/c19-13-3-5-14(6-4-13)23-11-15-7-8-16(24-15)17(22)21-18(12-20)9-1-2-10-18;/h3-8H,1-2,9-12,20H2,(H,21,22);1H. The van der Waals surface area contributed by atoms with Crippen molar-refractivity contribution in [3.05, 3.63) is 53.7 Å². The Hall–Kier alpha value is -2.05. The summed E-state index contributed by atoms with van der Waals surface area (Å²) in [4.78, 5) is 12.3. The van der Waals surface area contributed by atoms with E-state index in [9.17, 15) is 9.18 Å². The molecule has 1 amide bonds. The quantitative estimate of drug-likeness (QED) is 0.819. The minimum absolute atomic E-state index is 0. The molecule has 1 aliphatic rings. The highest BCUT2D eigenvalue weighted by atomic mass is 35.5. The van der Waals surface area contributed by atoms with E-state index in [1.54, 1.807) is 12.1 Å². The second-order valence-corrected chi connectivity index (χ2v) is 6.15. The third-order valence-corrected chi connectivity index (χ3v) is 4.41. The van der Waals surface area contributed by atoms with E-state index in [0.29, 0.717) is 18.1 Å². The SMILES string of the molecule is Cl.NCC1(NC(=O)c2ccc(COc3ccc(F)cc3)o2)CCCC1. The summed E-state index contributed by atoms with van der Waals surface area (Å²) < 4.78 is 23.9. The number of hydrogen-bond donors (Lipinski definition) is 2. The van der Waals surface area contributed by atoms with Gasteiger partial charge in [-0.15, -0.1) is 12.4 Å². The van der Waals surface area contributed by atoms with Crippen LogP contribution in [0.3, 0.4) is 0 Å². The van der Waals surface area contributed by atoms with Gasteiger partial charge in [0.1, 0.15) is 23.9 Å². The minimum Gasteiger partial charge on any atom is -0.486 e. The highest BCUT2D eigenvalue weighted by molar-refractivity contribution is 5.92. The topological polar surface area (TPSA) is 77.5 Å². The van der Waals surface area contributed by atoms with Gasteiger partial charge < -0.3 is 20.2 Å². The Labute approximate surface area is 152 Å². The van der Waals surface area contributed by atoms with Crippen molar-refractivity contribution >= 4 is 18.3 Å². The van der Waals surface area contributed by atoms with Crippen LogP contribution in [0.15, 0.2) is 40.8 Å². The van der Waals surface area contributed by atoms with E-state index in [0.717, 1.165) is 25.7 Å². The summed E-state index contributed by atoms with van der Waals surface area (Å²) in [6.07, 6.45) is 3.95. The van der Waals surface area contributed by atoms with E-state index >= 15 is 0 Å². The van der Waals surface area contributed by atoms with Crippen molar-refractivity contribution in [3.63, 3.8) is 0 Å². The Bertz CT molecular complexity index is 697. The molecule has 1 aromatic carbocycles. The molecule has 7 heteroatoms. The summed E-state index contributed by atoms with van der Waals surface area (Å²) in [5.74, 6) is 0.729. The number of ether oxygens (including phenoxy) is 1. The van der Waals surface area contributed by atoms with Gasteiger partial charge >= 0.3 is 0 Å². The lowest BCUT2D eigenvalue weighted by Gasteiger charge is -2.28. The average molecular weight is 369 g/mol. The van der Waals surface area contributed by atoms with Crippen molar-refractivity contribution in [2.75, 3.05) is 6.54 Å². The number of rotatable bonds is 6. The second kappa shape index (κ2) is 8.36. The van der Waals surface area contributed by atoms with Crippen LogP contribution in [0.2, 0.25) is 0 Å². The predicted molar refractivity (Wildman–Crippen MR) is 94.4 cm³/mol. The van der Waals surface area contributed by atoms with Crippen LogP contribution in [0, 0.1) is 5.82 Å². The van der Waals surface area contributed by atoms with Crippen molar-refractivity contribution in [3.8, 4) is 5.75 Å². The first-order valence-electron chi connectivity index (χ1n) is 8.10. The van der Waals surface area contributed by atoms with E-state index < -0.39 is 0 Å². The van der Waals surface area contributed by atoms with Crippen molar-refractivity contribution < 1.29 is 18.3 Å². The van der Waals surface area contributed by atoms with Crippen molar-refractivity contribution in [2.45, 2.75) is 37.8 Å². The number of nitrogens with two attached hydrogens (primary N) is 1. The van der Waals surface area contributed by atoms with Crippen LogP contribution in [0.4, 0.5) is 4.39 Å². The molecule has 3 rings (SSSR count). The fourth-order valence-electron chi connectivity index (χ4n) is 3.00. The van der Waals surface area contributed by atoms with Gasteiger partial charge in [0.05, 0.1) is 5.54 Å². The van der Waals surface area contributed by atoms with E-state index in [2.05, 4.69) is 5.32 Å². The third-order valence-electron chi connectivity index (χ3n) is 4.41. The van der Waals surface area contributed by atoms with Gasteiger partial charge in [-0.05, 0) is 49.2 Å². The number of benzene rings is 1. The Balaban J connectivity index is 0.00000225. The lowest BCUT2D eigenvalue weighted by atomic mass is 9.98.